The molecular formula is C12H22N2O6S. The van der Waals surface area contributed by atoms with E-state index in [0.29, 0.717) is 25.5 Å². The van der Waals surface area contributed by atoms with Crippen molar-refractivity contribution in [3.63, 3.8) is 0 Å². The molecule has 0 unspecified atom stereocenters. The van der Waals surface area contributed by atoms with Gasteiger partial charge in [0, 0.05) is 20.2 Å². The molecule has 0 fully saturated rings. The van der Waals surface area contributed by atoms with E-state index in [1.165, 1.54) is 6.07 Å². The van der Waals surface area contributed by atoms with Crippen LogP contribution in [0.4, 0.5) is 0 Å². The molecule has 1 heterocycles. The Kier molecular flexibility index (Phi) is 8.50. The summed E-state index contributed by atoms with van der Waals surface area (Å²) in [6, 6.07) is 3.01. The zero-order valence-corrected chi connectivity index (χ0v) is 12.8. The molecular weight excluding hydrogens is 300 g/mol. The number of ether oxygens (including phenoxy) is 2. The van der Waals surface area contributed by atoms with Gasteiger partial charge in [0.05, 0.1) is 33.0 Å². The highest BCUT2D eigenvalue weighted by Gasteiger charge is 2.17. The molecule has 21 heavy (non-hydrogen) atoms. The summed E-state index contributed by atoms with van der Waals surface area (Å²) >= 11 is 0. The second kappa shape index (κ2) is 9.87. The largest absolute Gasteiger partial charge is 0.447 e. The maximum Gasteiger partial charge on any atom is 0.274 e. The van der Waals surface area contributed by atoms with Gasteiger partial charge in [0.15, 0.2) is 0 Å². The number of aliphatic hydroxyl groups excluding tert-OH is 1. The molecule has 0 aliphatic rings. The fourth-order valence-corrected chi connectivity index (χ4v) is 2.43. The van der Waals surface area contributed by atoms with Crippen molar-refractivity contribution < 1.29 is 27.4 Å². The number of nitrogens with one attached hydrogen (secondary N) is 2. The van der Waals surface area contributed by atoms with Gasteiger partial charge in [-0.15, -0.1) is 0 Å². The lowest BCUT2D eigenvalue weighted by atomic mass is 10.4. The van der Waals surface area contributed by atoms with E-state index < -0.39 is 10.0 Å². The Morgan fingerprint density at radius 1 is 1.24 bits per heavy atom. The van der Waals surface area contributed by atoms with Crippen molar-refractivity contribution in [3.05, 3.63) is 17.9 Å². The van der Waals surface area contributed by atoms with Gasteiger partial charge < -0.3 is 24.3 Å². The molecule has 0 saturated heterocycles. The molecule has 9 heteroatoms. The van der Waals surface area contributed by atoms with Crippen molar-refractivity contribution in [2.24, 2.45) is 0 Å². The maximum atomic E-state index is 11.9. The molecule has 1 rings (SSSR count). The monoisotopic (exact) mass is 322 g/mol. The molecule has 0 spiro atoms. The van der Waals surface area contributed by atoms with Crippen LogP contribution in [0.1, 0.15) is 5.76 Å². The summed E-state index contributed by atoms with van der Waals surface area (Å²) in [7, 11) is -2.07. The first-order valence-electron chi connectivity index (χ1n) is 6.57. The van der Waals surface area contributed by atoms with Gasteiger partial charge in [-0.2, -0.15) is 0 Å². The van der Waals surface area contributed by atoms with E-state index in [1.807, 2.05) is 0 Å². The highest BCUT2D eigenvalue weighted by Crippen LogP contribution is 2.13. The first-order chi connectivity index (χ1) is 10.1. The third-order valence-corrected chi connectivity index (χ3v) is 3.79. The summed E-state index contributed by atoms with van der Waals surface area (Å²) < 4.78 is 41.3. The molecule has 0 bridgehead atoms. The molecule has 0 aliphatic carbocycles. The molecule has 0 saturated carbocycles. The molecule has 0 aromatic carbocycles. The van der Waals surface area contributed by atoms with E-state index >= 15 is 0 Å². The summed E-state index contributed by atoms with van der Waals surface area (Å²) in [4.78, 5) is 0. The molecule has 8 nitrogen and oxygen atoms in total. The number of furan rings is 1. The number of hydrogen-bond donors (Lipinski definition) is 3. The Morgan fingerprint density at radius 2 is 2.05 bits per heavy atom. The summed E-state index contributed by atoms with van der Waals surface area (Å²) in [5.74, 6) is 0.531. The van der Waals surface area contributed by atoms with Crippen LogP contribution in [0.25, 0.3) is 0 Å². The highest BCUT2D eigenvalue weighted by molar-refractivity contribution is 7.89. The predicted molar refractivity (Wildman–Crippen MR) is 75.4 cm³/mol. The second-order valence-corrected chi connectivity index (χ2v) is 5.82. The Balaban J connectivity index is 2.39. The lowest BCUT2D eigenvalue weighted by Gasteiger charge is -2.05. The van der Waals surface area contributed by atoms with Crippen LogP contribution in [0.5, 0.6) is 0 Å². The number of sulfonamides is 1. The van der Waals surface area contributed by atoms with Gasteiger partial charge in [0.1, 0.15) is 5.76 Å². The number of methoxy groups -OCH3 is 1. The van der Waals surface area contributed by atoms with E-state index in [9.17, 15) is 8.42 Å². The number of aliphatic hydroxyl groups is 1. The Morgan fingerprint density at radius 3 is 2.76 bits per heavy atom. The van der Waals surface area contributed by atoms with Crippen LogP contribution in [0, 0.1) is 0 Å². The Hall–Kier alpha value is -0.970. The van der Waals surface area contributed by atoms with Crippen molar-refractivity contribution >= 4 is 10.0 Å². The van der Waals surface area contributed by atoms with Gasteiger partial charge in [-0.3, -0.25) is 0 Å². The fraction of sp³-hybridized carbons (Fsp3) is 0.667. The summed E-state index contributed by atoms with van der Waals surface area (Å²) in [6.45, 7) is 2.04. The van der Waals surface area contributed by atoms with Gasteiger partial charge in [0.2, 0.25) is 5.09 Å². The van der Waals surface area contributed by atoms with Crippen molar-refractivity contribution in [2.75, 3.05) is 46.6 Å². The minimum absolute atomic E-state index is 0.0929. The van der Waals surface area contributed by atoms with Gasteiger partial charge in [-0.25, -0.2) is 13.1 Å². The SMILES string of the molecule is COCCNCc1ccc(S(=O)(=O)NCCOCCO)o1. The van der Waals surface area contributed by atoms with E-state index in [4.69, 9.17) is 19.0 Å². The normalized spacial score (nSPS) is 11.9. The van der Waals surface area contributed by atoms with Crippen molar-refractivity contribution in [1.29, 1.82) is 0 Å². The smallest absolute Gasteiger partial charge is 0.274 e. The average Bonchev–Trinajstić information content (AvgIpc) is 2.93. The Bertz CT molecular complexity index is 488. The van der Waals surface area contributed by atoms with Crippen molar-refractivity contribution in [2.45, 2.75) is 11.6 Å². The van der Waals surface area contributed by atoms with Crippen molar-refractivity contribution in [1.82, 2.24) is 10.0 Å². The molecule has 0 atom stereocenters. The van der Waals surface area contributed by atoms with E-state index in [2.05, 4.69) is 10.0 Å². The van der Waals surface area contributed by atoms with Crippen LogP contribution in [-0.2, 0) is 26.0 Å². The van der Waals surface area contributed by atoms with Crippen LogP contribution >= 0.6 is 0 Å². The highest BCUT2D eigenvalue weighted by atomic mass is 32.2. The van der Waals surface area contributed by atoms with E-state index in [0.717, 1.165) is 0 Å². The average molecular weight is 322 g/mol. The van der Waals surface area contributed by atoms with Gasteiger partial charge in [0.25, 0.3) is 10.0 Å². The molecule has 3 N–H and O–H groups in total. The van der Waals surface area contributed by atoms with Crippen LogP contribution in [0.2, 0.25) is 0 Å². The van der Waals surface area contributed by atoms with Crippen molar-refractivity contribution in [3.8, 4) is 0 Å². The molecule has 0 aliphatic heterocycles. The molecule has 1 aromatic heterocycles. The summed E-state index contributed by atoms with van der Waals surface area (Å²) in [5.41, 5.74) is 0. The summed E-state index contributed by atoms with van der Waals surface area (Å²) in [6.07, 6.45) is 0. The first kappa shape index (κ1) is 18.1. The lowest BCUT2D eigenvalue weighted by Crippen LogP contribution is -2.27. The fourth-order valence-electron chi connectivity index (χ4n) is 1.47. The quantitative estimate of drug-likeness (QED) is 0.437. The zero-order valence-electron chi connectivity index (χ0n) is 12.0. The van der Waals surface area contributed by atoms with Crippen LogP contribution in [0.3, 0.4) is 0 Å². The molecule has 122 valence electrons. The molecule has 1 aromatic rings. The standard InChI is InChI=1S/C12H22N2O6S/c1-18-7-4-13-10-11-2-3-12(20-11)21(16,17)14-5-8-19-9-6-15/h2-3,13-15H,4-10H2,1H3. The summed E-state index contributed by atoms with van der Waals surface area (Å²) in [5, 5.41) is 11.4. The van der Waals surface area contributed by atoms with E-state index in [-0.39, 0.29) is 31.5 Å². The van der Waals surface area contributed by atoms with Crippen LogP contribution in [0.15, 0.2) is 21.6 Å². The second-order valence-electron chi connectivity index (χ2n) is 4.12. The molecule has 0 amide bonds. The van der Waals surface area contributed by atoms with Gasteiger partial charge in [-0.05, 0) is 12.1 Å². The zero-order chi connectivity index (χ0) is 15.6. The number of rotatable bonds is 12. The van der Waals surface area contributed by atoms with Crippen LogP contribution < -0.4 is 10.0 Å². The molecule has 0 radical (unpaired) electrons. The Labute approximate surface area is 124 Å². The third kappa shape index (κ3) is 7.02. The minimum Gasteiger partial charge on any atom is -0.447 e. The van der Waals surface area contributed by atoms with Crippen LogP contribution in [-0.4, -0.2) is 60.2 Å². The van der Waals surface area contributed by atoms with E-state index in [1.54, 1.807) is 13.2 Å². The predicted octanol–water partition coefficient (Wildman–Crippen LogP) is -0.697. The minimum atomic E-state index is -3.67. The maximum absolute atomic E-state index is 11.9. The van der Waals surface area contributed by atoms with Gasteiger partial charge >= 0.3 is 0 Å². The first-order valence-corrected chi connectivity index (χ1v) is 8.05. The third-order valence-electron chi connectivity index (χ3n) is 2.46. The number of hydrogen-bond acceptors (Lipinski definition) is 7. The van der Waals surface area contributed by atoms with Gasteiger partial charge in [-0.1, -0.05) is 0 Å². The lowest BCUT2D eigenvalue weighted by molar-refractivity contribution is 0.0961. The topological polar surface area (TPSA) is 110 Å².